The molecule has 3 aromatic rings. The van der Waals surface area contributed by atoms with Crippen LogP contribution in [-0.4, -0.2) is 23.9 Å². The summed E-state index contributed by atoms with van der Waals surface area (Å²) in [4.78, 5) is 25.2. The largest absolute Gasteiger partial charge is 0.322 e. The number of hydrazone groups is 1. The zero-order valence-electron chi connectivity index (χ0n) is 16.1. The number of hydrogen-bond acceptors (Lipinski definition) is 4. The molecule has 0 saturated heterocycles. The predicted octanol–water partition coefficient (Wildman–Crippen LogP) is 4.76. The monoisotopic (exact) mass is 383 g/mol. The van der Waals surface area contributed by atoms with Gasteiger partial charge in [-0.3, -0.25) is 14.6 Å². The van der Waals surface area contributed by atoms with E-state index in [1.807, 2.05) is 42.3 Å². The highest BCUT2D eigenvalue weighted by molar-refractivity contribution is 6.10. The van der Waals surface area contributed by atoms with Gasteiger partial charge in [0, 0.05) is 41.1 Å². The molecule has 1 aliphatic rings. The van der Waals surface area contributed by atoms with E-state index in [1.54, 1.807) is 48.5 Å². The van der Waals surface area contributed by atoms with E-state index in [-0.39, 0.29) is 11.7 Å². The second kappa shape index (κ2) is 8.10. The van der Waals surface area contributed by atoms with Gasteiger partial charge in [-0.15, -0.1) is 0 Å². The minimum Gasteiger partial charge on any atom is -0.322 e. The quantitative estimate of drug-likeness (QED) is 0.647. The first-order valence-electron chi connectivity index (χ1n) is 9.53. The van der Waals surface area contributed by atoms with Gasteiger partial charge in [0.15, 0.2) is 5.78 Å². The van der Waals surface area contributed by atoms with E-state index in [1.165, 1.54) is 0 Å². The number of nitrogens with one attached hydrogen (secondary N) is 1. The molecule has 1 heterocycles. The topological polar surface area (TPSA) is 61.8 Å². The molecule has 0 radical (unpaired) electrons. The lowest BCUT2D eigenvalue weighted by Gasteiger charge is -2.14. The van der Waals surface area contributed by atoms with E-state index in [0.717, 1.165) is 24.4 Å². The molecule has 1 aliphatic heterocycles. The van der Waals surface area contributed by atoms with Crippen molar-refractivity contribution >= 4 is 28.8 Å². The molecule has 1 amide bonds. The summed E-state index contributed by atoms with van der Waals surface area (Å²) in [7, 11) is 0. The Morgan fingerprint density at radius 2 is 1.59 bits per heavy atom. The van der Waals surface area contributed by atoms with E-state index >= 15 is 0 Å². The third-order valence-corrected chi connectivity index (χ3v) is 4.82. The van der Waals surface area contributed by atoms with Gasteiger partial charge in [-0.1, -0.05) is 42.5 Å². The molecule has 0 aromatic heterocycles. The van der Waals surface area contributed by atoms with Gasteiger partial charge in [0.25, 0.3) is 5.91 Å². The molecule has 0 fully saturated rings. The lowest BCUT2D eigenvalue weighted by molar-refractivity contribution is 0.102. The van der Waals surface area contributed by atoms with Gasteiger partial charge >= 0.3 is 0 Å². The summed E-state index contributed by atoms with van der Waals surface area (Å²) in [6.07, 6.45) is 0.959. The zero-order valence-corrected chi connectivity index (χ0v) is 16.1. The SMILES string of the molecule is CC1=NN(c2ccc(C(=O)Nc3cccc(C(=O)c4ccccc4)c3)cc2)CC1. The van der Waals surface area contributed by atoms with Gasteiger partial charge in [0.05, 0.1) is 5.69 Å². The van der Waals surface area contributed by atoms with Crippen molar-refractivity contribution < 1.29 is 9.59 Å². The van der Waals surface area contributed by atoms with E-state index in [2.05, 4.69) is 10.4 Å². The average Bonchev–Trinajstić information content (AvgIpc) is 3.20. The minimum absolute atomic E-state index is 0.0764. The summed E-state index contributed by atoms with van der Waals surface area (Å²) in [5, 5.41) is 9.28. The Bertz CT molecular complexity index is 1070. The summed E-state index contributed by atoms with van der Waals surface area (Å²) in [6.45, 7) is 2.87. The van der Waals surface area contributed by atoms with Crippen LogP contribution in [0.1, 0.15) is 39.6 Å². The van der Waals surface area contributed by atoms with Crippen molar-refractivity contribution in [3.63, 3.8) is 0 Å². The highest BCUT2D eigenvalue weighted by Crippen LogP contribution is 2.21. The number of rotatable bonds is 5. The third kappa shape index (κ3) is 4.24. The molecule has 0 saturated carbocycles. The van der Waals surface area contributed by atoms with Gasteiger partial charge in [0.2, 0.25) is 0 Å². The molecule has 0 aliphatic carbocycles. The maximum atomic E-state index is 12.6. The van der Waals surface area contributed by atoms with Crippen LogP contribution in [0.5, 0.6) is 0 Å². The molecule has 144 valence electrons. The number of carbonyl (C=O) groups is 2. The minimum atomic E-state index is -0.220. The molecule has 5 heteroatoms. The van der Waals surface area contributed by atoms with Gasteiger partial charge in [-0.2, -0.15) is 5.10 Å². The fraction of sp³-hybridized carbons (Fsp3) is 0.125. The Labute approximate surface area is 169 Å². The average molecular weight is 383 g/mol. The molecule has 0 unspecified atom stereocenters. The number of hydrogen-bond donors (Lipinski definition) is 1. The summed E-state index contributed by atoms with van der Waals surface area (Å²) in [5.74, 6) is -0.297. The van der Waals surface area contributed by atoms with Crippen LogP contribution >= 0.6 is 0 Å². The van der Waals surface area contributed by atoms with E-state index in [4.69, 9.17) is 0 Å². The molecule has 0 bridgehead atoms. The molecule has 1 N–H and O–H groups in total. The first-order chi connectivity index (χ1) is 14.1. The Kier molecular flexibility index (Phi) is 5.20. The van der Waals surface area contributed by atoms with Crippen LogP contribution in [-0.2, 0) is 0 Å². The van der Waals surface area contributed by atoms with Crippen LogP contribution in [0.4, 0.5) is 11.4 Å². The first kappa shape index (κ1) is 18.6. The maximum Gasteiger partial charge on any atom is 0.255 e. The lowest BCUT2D eigenvalue weighted by atomic mass is 10.0. The highest BCUT2D eigenvalue weighted by Gasteiger charge is 2.14. The van der Waals surface area contributed by atoms with Crippen LogP contribution in [0, 0.1) is 0 Å². The van der Waals surface area contributed by atoms with Crippen molar-refractivity contribution in [2.75, 3.05) is 16.9 Å². The number of benzene rings is 3. The lowest BCUT2D eigenvalue weighted by Crippen LogP contribution is -2.14. The Hall–Kier alpha value is -3.73. The molecule has 0 spiro atoms. The summed E-state index contributed by atoms with van der Waals surface area (Å²) < 4.78 is 0. The number of amides is 1. The molecule has 4 rings (SSSR count). The maximum absolute atomic E-state index is 12.6. The Morgan fingerprint density at radius 1 is 0.862 bits per heavy atom. The van der Waals surface area contributed by atoms with Crippen molar-refractivity contribution in [1.29, 1.82) is 0 Å². The smallest absolute Gasteiger partial charge is 0.255 e. The van der Waals surface area contributed by atoms with Crippen LogP contribution in [0.15, 0.2) is 84.0 Å². The van der Waals surface area contributed by atoms with Gasteiger partial charge in [-0.05, 0) is 43.3 Å². The predicted molar refractivity (Wildman–Crippen MR) is 116 cm³/mol. The summed E-state index contributed by atoms with van der Waals surface area (Å²) >= 11 is 0. The summed E-state index contributed by atoms with van der Waals surface area (Å²) in [5.41, 5.74) is 4.36. The number of carbonyl (C=O) groups excluding carboxylic acids is 2. The molecule has 29 heavy (non-hydrogen) atoms. The number of anilines is 2. The Morgan fingerprint density at radius 3 is 2.28 bits per heavy atom. The van der Waals surface area contributed by atoms with Crippen LogP contribution < -0.4 is 10.3 Å². The van der Waals surface area contributed by atoms with Crippen LogP contribution in [0.2, 0.25) is 0 Å². The van der Waals surface area contributed by atoms with Crippen molar-refractivity contribution in [3.05, 3.63) is 95.6 Å². The van der Waals surface area contributed by atoms with E-state index in [0.29, 0.717) is 22.4 Å². The van der Waals surface area contributed by atoms with Crippen LogP contribution in [0.25, 0.3) is 0 Å². The van der Waals surface area contributed by atoms with E-state index < -0.39 is 0 Å². The van der Waals surface area contributed by atoms with E-state index in [9.17, 15) is 9.59 Å². The van der Waals surface area contributed by atoms with Gasteiger partial charge < -0.3 is 5.32 Å². The number of nitrogens with zero attached hydrogens (tertiary/aromatic N) is 2. The molecule has 5 nitrogen and oxygen atoms in total. The Balaban J connectivity index is 1.47. The van der Waals surface area contributed by atoms with Gasteiger partial charge in [0.1, 0.15) is 0 Å². The van der Waals surface area contributed by atoms with Crippen molar-refractivity contribution in [2.24, 2.45) is 5.10 Å². The van der Waals surface area contributed by atoms with Crippen molar-refractivity contribution in [3.8, 4) is 0 Å². The second-order valence-corrected chi connectivity index (χ2v) is 6.99. The third-order valence-electron chi connectivity index (χ3n) is 4.82. The fourth-order valence-electron chi connectivity index (χ4n) is 3.24. The number of ketones is 1. The second-order valence-electron chi connectivity index (χ2n) is 6.99. The molecule has 3 aromatic carbocycles. The van der Waals surface area contributed by atoms with Gasteiger partial charge in [-0.25, -0.2) is 0 Å². The molecular weight excluding hydrogens is 362 g/mol. The molecule has 0 atom stereocenters. The highest BCUT2D eigenvalue weighted by atomic mass is 16.1. The first-order valence-corrected chi connectivity index (χ1v) is 9.53. The standard InChI is InChI=1S/C24H21N3O2/c1-17-14-15-27(26-17)22-12-10-19(11-13-22)24(29)25-21-9-5-8-20(16-21)23(28)18-6-3-2-4-7-18/h2-13,16H,14-15H2,1H3,(H,25,29). The normalized spacial score (nSPS) is 13.1. The fourth-order valence-corrected chi connectivity index (χ4v) is 3.24. The zero-order chi connectivity index (χ0) is 20.2. The van der Waals surface area contributed by atoms with Crippen LogP contribution in [0.3, 0.4) is 0 Å². The van der Waals surface area contributed by atoms with Crippen molar-refractivity contribution in [2.45, 2.75) is 13.3 Å². The molecular formula is C24H21N3O2. The van der Waals surface area contributed by atoms with Crippen molar-refractivity contribution in [1.82, 2.24) is 0 Å². The summed E-state index contributed by atoms with van der Waals surface area (Å²) in [6, 6.07) is 23.4.